The Hall–Kier alpha value is -3.98. The van der Waals surface area contributed by atoms with Crippen molar-refractivity contribution < 1.29 is 23.2 Å². The molecule has 1 aliphatic rings. The minimum Gasteiger partial charge on any atom is -0.300 e. The van der Waals surface area contributed by atoms with Gasteiger partial charge < -0.3 is 5.32 Å². The molecule has 0 fully saturated rings. The minimum atomic E-state index is -1.17. The summed E-state index contributed by atoms with van der Waals surface area (Å²) in [6, 6.07) is 16.0. The van der Waals surface area contributed by atoms with Crippen LogP contribution in [-0.4, -0.2) is 33.6 Å². The van der Waals surface area contributed by atoms with Crippen molar-refractivity contribution in [2.45, 2.75) is 12.5 Å². The number of rotatable bonds is 5. The lowest BCUT2D eigenvalue weighted by molar-refractivity contribution is -0.119. The molecule has 9 heteroatoms. The number of amides is 3. The number of nitrogens with one attached hydrogen (secondary N) is 1. The molecule has 4 aromatic rings. The maximum absolute atomic E-state index is 14.0. The monoisotopic (exact) mass is 463 g/mol. The number of aromatic nitrogens is 1. The van der Waals surface area contributed by atoms with Crippen LogP contribution in [0.25, 0.3) is 10.2 Å². The molecule has 0 saturated carbocycles. The molecule has 164 valence electrons. The first-order valence-electron chi connectivity index (χ1n) is 9.99. The van der Waals surface area contributed by atoms with Crippen LogP contribution >= 0.6 is 11.3 Å². The van der Waals surface area contributed by atoms with Crippen LogP contribution in [0.4, 0.5) is 13.9 Å². The number of imide groups is 1. The van der Waals surface area contributed by atoms with Gasteiger partial charge in [0.15, 0.2) is 10.9 Å². The fraction of sp³-hybridized carbons (Fsp3) is 0.0833. The maximum Gasteiger partial charge on any atom is 0.262 e. The molecule has 3 amide bonds. The molecular weight excluding hydrogens is 448 g/mol. The number of hydrogen-bond acceptors (Lipinski definition) is 5. The first kappa shape index (κ1) is 20.9. The molecule has 0 spiro atoms. The van der Waals surface area contributed by atoms with Crippen LogP contribution in [0.3, 0.4) is 0 Å². The lowest BCUT2D eigenvalue weighted by Crippen LogP contribution is -2.48. The van der Waals surface area contributed by atoms with E-state index >= 15 is 0 Å². The van der Waals surface area contributed by atoms with Crippen LogP contribution in [0.5, 0.6) is 0 Å². The zero-order valence-electron chi connectivity index (χ0n) is 16.9. The number of carbonyl (C=O) groups is 3. The number of hydrogen-bond donors (Lipinski definition) is 1. The standard InChI is InChI=1S/C24H15F2N3O3S/c25-14-11-17(26)20-19(12-14)33-24(27-20)28-21(30)18(10-13-6-2-1-3-7-13)29-22(31)15-8-4-5-9-16(15)23(29)32/h1-9,11-12,18H,10H2,(H,27,28,30). The average Bonchev–Trinajstić information content (AvgIpc) is 3.31. The molecule has 2 heterocycles. The van der Waals surface area contributed by atoms with Gasteiger partial charge in [0.05, 0.1) is 15.8 Å². The van der Waals surface area contributed by atoms with E-state index in [1.54, 1.807) is 36.4 Å². The second-order valence-electron chi connectivity index (χ2n) is 7.47. The van der Waals surface area contributed by atoms with E-state index in [4.69, 9.17) is 0 Å². The molecule has 1 unspecified atom stereocenters. The van der Waals surface area contributed by atoms with Crippen molar-refractivity contribution in [1.29, 1.82) is 0 Å². The number of carbonyl (C=O) groups excluding carboxylic acids is 3. The fourth-order valence-electron chi connectivity index (χ4n) is 3.83. The van der Waals surface area contributed by atoms with Gasteiger partial charge >= 0.3 is 0 Å². The summed E-state index contributed by atoms with van der Waals surface area (Å²) in [6.45, 7) is 0. The topological polar surface area (TPSA) is 79.4 Å². The van der Waals surface area contributed by atoms with Crippen molar-refractivity contribution in [2.24, 2.45) is 0 Å². The Morgan fingerprint density at radius 1 is 0.970 bits per heavy atom. The summed E-state index contributed by atoms with van der Waals surface area (Å²) in [5.41, 5.74) is 1.13. The summed E-state index contributed by atoms with van der Waals surface area (Å²) < 4.78 is 27.8. The van der Waals surface area contributed by atoms with Crippen molar-refractivity contribution in [3.8, 4) is 0 Å². The minimum absolute atomic E-state index is 0.0363. The summed E-state index contributed by atoms with van der Waals surface area (Å²) in [5.74, 6) is -3.39. The Labute approximate surface area is 190 Å². The maximum atomic E-state index is 14.0. The normalized spacial score (nSPS) is 13.9. The van der Waals surface area contributed by atoms with Gasteiger partial charge in [0.2, 0.25) is 5.91 Å². The Bertz CT molecular complexity index is 1390. The molecule has 33 heavy (non-hydrogen) atoms. The highest BCUT2D eigenvalue weighted by molar-refractivity contribution is 7.22. The third-order valence-electron chi connectivity index (χ3n) is 5.36. The van der Waals surface area contributed by atoms with E-state index in [1.165, 1.54) is 12.1 Å². The lowest BCUT2D eigenvalue weighted by Gasteiger charge is -2.25. The Morgan fingerprint density at radius 3 is 2.27 bits per heavy atom. The lowest BCUT2D eigenvalue weighted by atomic mass is 10.0. The van der Waals surface area contributed by atoms with E-state index in [2.05, 4.69) is 10.3 Å². The van der Waals surface area contributed by atoms with Gasteiger partial charge in [-0.3, -0.25) is 19.3 Å². The summed E-state index contributed by atoms with van der Waals surface area (Å²) >= 11 is 0.898. The third kappa shape index (κ3) is 3.76. The van der Waals surface area contributed by atoms with Crippen LogP contribution < -0.4 is 5.32 Å². The van der Waals surface area contributed by atoms with E-state index in [0.29, 0.717) is 6.07 Å². The predicted octanol–water partition coefficient (Wildman–Crippen LogP) is 4.42. The zero-order valence-corrected chi connectivity index (χ0v) is 17.7. The smallest absolute Gasteiger partial charge is 0.262 e. The van der Waals surface area contributed by atoms with E-state index in [0.717, 1.165) is 27.9 Å². The van der Waals surface area contributed by atoms with Gasteiger partial charge in [-0.1, -0.05) is 53.8 Å². The molecule has 3 aromatic carbocycles. The van der Waals surface area contributed by atoms with E-state index in [9.17, 15) is 23.2 Å². The van der Waals surface area contributed by atoms with Crippen LogP contribution in [0.2, 0.25) is 0 Å². The van der Waals surface area contributed by atoms with Gasteiger partial charge in [-0.2, -0.15) is 0 Å². The van der Waals surface area contributed by atoms with Gasteiger partial charge in [0, 0.05) is 12.5 Å². The molecule has 1 aliphatic heterocycles. The quantitative estimate of drug-likeness (QED) is 0.445. The molecule has 0 saturated heterocycles. The Balaban J connectivity index is 1.50. The van der Waals surface area contributed by atoms with Crippen LogP contribution in [-0.2, 0) is 11.2 Å². The second kappa shape index (κ2) is 8.18. The van der Waals surface area contributed by atoms with Gasteiger partial charge in [0.1, 0.15) is 17.4 Å². The molecule has 6 nitrogen and oxygen atoms in total. The molecule has 0 radical (unpaired) electrons. The summed E-state index contributed by atoms with van der Waals surface area (Å²) in [6.07, 6.45) is 0.0754. The summed E-state index contributed by atoms with van der Waals surface area (Å²) in [7, 11) is 0. The highest BCUT2D eigenvalue weighted by Crippen LogP contribution is 2.30. The number of thiazole rings is 1. The van der Waals surface area contributed by atoms with Crippen molar-refractivity contribution in [1.82, 2.24) is 9.88 Å². The summed E-state index contributed by atoms with van der Waals surface area (Å²) in [4.78, 5) is 44.4. The third-order valence-corrected chi connectivity index (χ3v) is 6.27. The zero-order chi connectivity index (χ0) is 23.1. The van der Waals surface area contributed by atoms with Crippen LogP contribution in [0, 0.1) is 11.6 Å². The number of nitrogens with zero attached hydrogens (tertiary/aromatic N) is 2. The van der Waals surface area contributed by atoms with Crippen molar-refractivity contribution >= 4 is 44.4 Å². The van der Waals surface area contributed by atoms with Gasteiger partial charge in [-0.05, 0) is 23.8 Å². The first-order chi connectivity index (χ1) is 15.9. The molecule has 0 aliphatic carbocycles. The van der Waals surface area contributed by atoms with Crippen molar-refractivity contribution in [3.05, 3.63) is 95.1 Å². The molecule has 5 rings (SSSR count). The Kier molecular flexibility index (Phi) is 5.18. The predicted molar refractivity (Wildman–Crippen MR) is 119 cm³/mol. The SMILES string of the molecule is O=C(Nc1nc2c(F)cc(F)cc2s1)C(Cc1ccccc1)N1C(=O)c2ccccc2C1=O. The van der Waals surface area contributed by atoms with E-state index in [1.807, 2.05) is 6.07 Å². The van der Waals surface area contributed by atoms with E-state index < -0.39 is 35.4 Å². The second-order valence-corrected chi connectivity index (χ2v) is 8.50. The fourth-order valence-corrected chi connectivity index (χ4v) is 4.74. The number of anilines is 1. The molecule has 0 bridgehead atoms. The average molecular weight is 463 g/mol. The highest BCUT2D eigenvalue weighted by atomic mass is 32.1. The van der Waals surface area contributed by atoms with Crippen LogP contribution in [0.15, 0.2) is 66.7 Å². The largest absolute Gasteiger partial charge is 0.300 e. The molecular formula is C24H15F2N3O3S. The van der Waals surface area contributed by atoms with Crippen LogP contribution in [0.1, 0.15) is 26.3 Å². The molecule has 1 N–H and O–H groups in total. The molecule has 1 atom stereocenters. The number of halogens is 2. The number of benzene rings is 3. The molecule has 1 aromatic heterocycles. The summed E-state index contributed by atoms with van der Waals surface area (Å²) in [5, 5.41) is 2.61. The number of fused-ring (bicyclic) bond motifs is 2. The first-order valence-corrected chi connectivity index (χ1v) is 10.8. The van der Waals surface area contributed by atoms with Gasteiger partial charge in [0.25, 0.3) is 11.8 Å². The van der Waals surface area contributed by atoms with Crippen molar-refractivity contribution in [3.63, 3.8) is 0 Å². The Morgan fingerprint density at radius 2 is 1.61 bits per heavy atom. The van der Waals surface area contributed by atoms with Crippen molar-refractivity contribution in [2.75, 3.05) is 5.32 Å². The van der Waals surface area contributed by atoms with Gasteiger partial charge in [-0.25, -0.2) is 13.8 Å². The van der Waals surface area contributed by atoms with E-state index in [-0.39, 0.29) is 32.9 Å². The van der Waals surface area contributed by atoms with Gasteiger partial charge in [-0.15, -0.1) is 0 Å². The highest BCUT2D eigenvalue weighted by Gasteiger charge is 2.42.